The quantitative estimate of drug-likeness (QED) is 0.771. The van der Waals surface area contributed by atoms with Crippen molar-refractivity contribution in [3.8, 4) is 0 Å². The number of rotatable bonds is 6. The molecule has 1 atom stereocenters. The predicted octanol–water partition coefficient (Wildman–Crippen LogP) is 1.49. The number of hydrogen-bond donors (Lipinski definition) is 2. The van der Waals surface area contributed by atoms with Crippen LogP contribution in [-0.2, 0) is 10.0 Å². The first-order valence-electron chi connectivity index (χ1n) is 7.17. The SMILES string of the molecule is CC1(CNS(=O)(=O)CCC2CCC2)CCCNC1. The van der Waals surface area contributed by atoms with Crippen LogP contribution in [0.5, 0.6) is 0 Å². The molecule has 0 radical (unpaired) electrons. The minimum Gasteiger partial charge on any atom is -0.316 e. The molecule has 2 N–H and O–H groups in total. The van der Waals surface area contributed by atoms with Gasteiger partial charge in [0, 0.05) is 13.1 Å². The highest BCUT2D eigenvalue weighted by Gasteiger charge is 2.28. The van der Waals surface area contributed by atoms with Crippen molar-refractivity contribution >= 4 is 10.0 Å². The normalized spacial score (nSPS) is 30.1. The molecule has 0 bridgehead atoms. The Morgan fingerprint density at radius 3 is 2.67 bits per heavy atom. The summed E-state index contributed by atoms with van der Waals surface area (Å²) >= 11 is 0. The fourth-order valence-corrected chi connectivity index (χ4v) is 4.09. The summed E-state index contributed by atoms with van der Waals surface area (Å²) in [4.78, 5) is 0. The Labute approximate surface area is 111 Å². The van der Waals surface area contributed by atoms with E-state index in [9.17, 15) is 8.42 Å². The molecule has 1 unspecified atom stereocenters. The van der Waals surface area contributed by atoms with Crippen molar-refractivity contribution in [1.82, 2.24) is 10.0 Å². The Kier molecular flexibility index (Phi) is 4.67. The molecule has 1 saturated heterocycles. The predicted molar refractivity (Wildman–Crippen MR) is 74.0 cm³/mol. The van der Waals surface area contributed by atoms with Gasteiger partial charge in [0.1, 0.15) is 0 Å². The van der Waals surface area contributed by atoms with E-state index >= 15 is 0 Å². The second-order valence-electron chi connectivity index (χ2n) is 6.32. The zero-order valence-electron chi connectivity index (χ0n) is 11.4. The minimum atomic E-state index is -3.07. The van der Waals surface area contributed by atoms with Gasteiger partial charge in [-0.05, 0) is 37.1 Å². The van der Waals surface area contributed by atoms with Gasteiger partial charge in [-0.25, -0.2) is 13.1 Å². The first-order chi connectivity index (χ1) is 8.49. The van der Waals surface area contributed by atoms with Crippen molar-refractivity contribution in [3.63, 3.8) is 0 Å². The monoisotopic (exact) mass is 274 g/mol. The van der Waals surface area contributed by atoms with Gasteiger partial charge in [0.15, 0.2) is 0 Å². The molecule has 18 heavy (non-hydrogen) atoms. The van der Waals surface area contributed by atoms with Crippen molar-refractivity contribution < 1.29 is 8.42 Å². The van der Waals surface area contributed by atoms with E-state index in [4.69, 9.17) is 0 Å². The molecular weight excluding hydrogens is 248 g/mol. The third-order valence-electron chi connectivity index (χ3n) is 4.42. The summed E-state index contributed by atoms with van der Waals surface area (Å²) in [5, 5.41) is 3.35. The fourth-order valence-electron chi connectivity index (χ4n) is 2.73. The van der Waals surface area contributed by atoms with E-state index < -0.39 is 10.0 Å². The smallest absolute Gasteiger partial charge is 0.211 e. The summed E-state index contributed by atoms with van der Waals surface area (Å²) in [7, 11) is -3.07. The summed E-state index contributed by atoms with van der Waals surface area (Å²) in [5.41, 5.74) is 0.0851. The van der Waals surface area contributed by atoms with Crippen LogP contribution in [0.15, 0.2) is 0 Å². The Balaban J connectivity index is 1.73. The van der Waals surface area contributed by atoms with Crippen LogP contribution in [0, 0.1) is 11.3 Å². The van der Waals surface area contributed by atoms with E-state index in [1.165, 1.54) is 19.3 Å². The standard InChI is InChI=1S/C13H26N2O2S/c1-13(7-3-8-14-10-13)11-15-18(16,17)9-6-12-4-2-5-12/h12,14-15H,2-11H2,1H3. The van der Waals surface area contributed by atoms with E-state index in [0.717, 1.165) is 32.4 Å². The fraction of sp³-hybridized carbons (Fsp3) is 1.00. The van der Waals surface area contributed by atoms with Crippen LogP contribution < -0.4 is 10.0 Å². The maximum Gasteiger partial charge on any atom is 0.211 e. The van der Waals surface area contributed by atoms with E-state index in [1.807, 2.05) is 0 Å². The molecule has 0 amide bonds. The average molecular weight is 274 g/mol. The van der Waals surface area contributed by atoms with E-state index in [1.54, 1.807) is 0 Å². The van der Waals surface area contributed by atoms with Crippen molar-refractivity contribution in [3.05, 3.63) is 0 Å². The lowest BCUT2D eigenvalue weighted by Gasteiger charge is -2.34. The lowest BCUT2D eigenvalue weighted by molar-refractivity contribution is 0.238. The number of nitrogens with one attached hydrogen (secondary N) is 2. The molecule has 0 aromatic heterocycles. The number of hydrogen-bond acceptors (Lipinski definition) is 3. The second kappa shape index (κ2) is 5.88. The maximum atomic E-state index is 11.9. The minimum absolute atomic E-state index is 0.0851. The second-order valence-corrected chi connectivity index (χ2v) is 8.24. The molecule has 2 aliphatic rings. The van der Waals surface area contributed by atoms with Crippen molar-refractivity contribution in [2.45, 2.75) is 45.4 Å². The Bertz CT molecular complexity index is 357. The van der Waals surface area contributed by atoms with Gasteiger partial charge in [-0.15, -0.1) is 0 Å². The molecule has 1 heterocycles. The van der Waals surface area contributed by atoms with Crippen LogP contribution in [-0.4, -0.2) is 33.8 Å². The van der Waals surface area contributed by atoms with Crippen LogP contribution >= 0.6 is 0 Å². The van der Waals surface area contributed by atoms with Gasteiger partial charge in [-0.2, -0.15) is 0 Å². The van der Waals surface area contributed by atoms with Crippen molar-refractivity contribution in [1.29, 1.82) is 0 Å². The summed E-state index contributed by atoms with van der Waals surface area (Å²) in [5.74, 6) is 0.967. The molecule has 0 aromatic rings. The Morgan fingerprint density at radius 2 is 2.11 bits per heavy atom. The first-order valence-corrected chi connectivity index (χ1v) is 8.82. The molecule has 1 saturated carbocycles. The van der Waals surface area contributed by atoms with E-state index in [0.29, 0.717) is 18.2 Å². The van der Waals surface area contributed by atoms with Crippen LogP contribution in [0.2, 0.25) is 0 Å². The van der Waals surface area contributed by atoms with Crippen molar-refractivity contribution in [2.75, 3.05) is 25.4 Å². The van der Waals surface area contributed by atoms with Gasteiger partial charge in [0.2, 0.25) is 10.0 Å². The molecule has 106 valence electrons. The molecule has 1 aliphatic heterocycles. The van der Waals surface area contributed by atoms with Gasteiger partial charge >= 0.3 is 0 Å². The lowest BCUT2D eigenvalue weighted by Crippen LogP contribution is -2.46. The first kappa shape index (κ1) is 14.3. The molecule has 0 aromatic carbocycles. The van der Waals surface area contributed by atoms with E-state index in [2.05, 4.69) is 17.0 Å². The highest BCUT2D eigenvalue weighted by atomic mass is 32.2. The number of sulfonamides is 1. The average Bonchev–Trinajstić information content (AvgIpc) is 2.26. The van der Waals surface area contributed by atoms with Gasteiger partial charge in [-0.3, -0.25) is 0 Å². The molecule has 4 nitrogen and oxygen atoms in total. The van der Waals surface area contributed by atoms with Gasteiger partial charge in [0.25, 0.3) is 0 Å². The largest absolute Gasteiger partial charge is 0.316 e. The van der Waals surface area contributed by atoms with Crippen LogP contribution in [0.1, 0.15) is 45.4 Å². The summed E-state index contributed by atoms with van der Waals surface area (Å²) in [6.07, 6.45) is 6.80. The van der Waals surface area contributed by atoms with Crippen LogP contribution in [0.25, 0.3) is 0 Å². The van der Waals surface area contributed by atoms with Crippen molar-refractivity contribution in [2.24, 2.45) is 11.3 Å². The highest BCUT2D eigenvalue weighted by Crippen LogP contribution is 2.29. The molecular formula is C13H26N2O2S. The van der Waals surface area contributed by atoms with Gasteiger partial charge in [0.05, 0.1) is 5.75 Å². The maximum absolute atomic E-state index is 11.9. The van der Waals surface area contributed by atoms with Crippen LogP contribution in [0.4, 0.5) is 0 Å². The highest BCUT2D eigenvalue weighted by molar-refractivity contribution is 7.89. The van der Waals surface area contributed by atoms with Gasteiger partial charge in [-0.1, -0.05) is 26.2 Å². The zero-order chi connectivity index (χ0) is 13.1. The topological polar surface area (TPSA) is 58.2 Å². The molecule has 0 spiro atoms. The molecule has 1 aliphatic carbocycles. The summed E-state index contributed by atoms with van der Waals surface area (Å²) in [6, 6.07) is 0. The third-order valence-corrected chi connectivity index (χ3v) is 5.78. The Morgan fingerprint density at radius 1 is 1.33 bits per heavy atom. The van der Waals surface area contributed by atoms with E-state index in [-0.39, 0.29) is 5.41 Å². The zero-order valence-corrected chi connectivity index (χ0v) is 12.2. The van der Waals surface area contributed by atoms with Gasteiger partial charge < -0.3 is 5.32 Å². The summed E-state index contributed by atoms with van der Waals surface area (Å²) in [6.45, 7) is 4.71. The number of piperidine rings is 1. The summed E-state index contributed by atoms with van der Waals surface area (Å²) < 4.78 is 26.7. The third kappa shape index (κ3) is 4.21. The van der Waals surface area contributed by atoms with Crippen LogP contribution in [0.3, 0.4) is 0 Å². The molecule has 2 fully saturated rings. The molecule has 2 rings (SSSR count). The Hall–Kier alpha value is -0.130. The molecule has 5 heteroatoms. The lowest BCUT2D eigenvalue weighted by atomic mass is 9.83.